The van der Waals surface area contributed by atoms with Crippen molar-refractivity contribution in [2.45, 2.75) is 19.6 Å². The van der Waals surface area contributed by atoms with Crippen LogP contribution in [-0.4, -0.2) is 13.2 Å². The lowest BCUT2D eigenvalue weighted by Crippen LogP contribution is -2.20. The van der Waals surface area contributed by atoms with Gasteiger partial charge in [0.15, 0.2) is 5.11 Å². The van der Waals surface area contributed by atoms with Gasteiger partial charge in [-0.25, -0.2) is 0 Å². The van der Waals surface area contributed by atoms with E-state index in [1.54, 1.807) is 18.2 Å². The molecule has 2 rings (SSSR count). The number of thiocarbonyl (C=S) groups is 1. The molecule has 0 aliphatic carbocycles. The summed E-state index contributed by atoms with van der Waals surface area (Å²) in [5, 5.41) is 7.79. The second-order valence-electron chi connectivity index (χ2n) is 6.25. The summed E-state index contributed by atoms with van der Waals surface area (Å²) in [6.45, 7) is 6.64. The normalized spacial score (nSPS) is 10.5. The molecule has 0 bridgehead atoms. The van der Waals surface area contributed by atoms with Gasteiger partial charge < -0.3 is 10.6 Å². The average molecular weight is 393 g/mol. The first-order chi connectivity index (χ1) is 11.2. The zero-order valence-corrected chi connectivity index (χ0v) is 17.0. The molecule has 0 radical (unpaired) electrons. The number of anilines is 2. The Morgan fingerprint density at radius 3 is 2.33 bits per heavy atom. The van der Waals surface area contributed by atoms with Gasteiger partial charge in [0.05, 0.1) is 16.4 Å². The van der Waals surface area contributed by atoms with E-state index in [0.717, 1.165) is 11.3 Å². The Morgan fingerprint density at radius 2 is 1.67 bits per heavy atom. The van der Waals surface area contributed by atoms with Crippen LogP contribution in [0.4, 0.5) is 11.4 Å². The summed E-state index contributed by atoms with van der Waals surface area (Å²) in [6.07, 6.45) is 0. The van der Waals surface area contributed by atoms with E-state index >= 15 is 0 Å². The summed E-state index contributed by atoms with van der Waals surface area (Å²) < 4.78 is 0. The van der Waals surface area contributed by atoms with Gasteiger partial charge in [0.25, 0.3) is 0 Å². The van der Waals surface area contributed by atoms with Crippen molar-refractivity contribution in [1.29, 1.82) is 0 Å². The van der Waals surface area contributed by atoms with E-state index in [9.17, 15) is 0 Å². The molecule has 0 amide bonds. The third kappa shape index (κ3) is 5.84. The van der Waals surface area contributed by atoms with Gasteiger partial charge in [-0.3, -0.25) is 0 Å². The van der Waals surface area contributed by atoms with Crippen LogP contribution in [0.3, 0.4) is 0 Å². The molecule has 2 nitrogen and oxygen atoms in total. The first kappa shape index (κ1) is 18.8. The SMILES string of the molecule is C[Si](C)(C)C#Cc1ccccc1NC(=S)Nc1ccc(Cl)cc1Cl. The molecule has 0 aliphatic heterocycles. The quantitative estimate of drug-likeness (QED) is 0.370. The van der Waals surface area contributed by atoms with Gasteiger partial charge in [0.2, 0.25) is 0 Å². The van der Waals surface area contributed by atoms with Crippen molar-refractivity contribution in [3.05, 3.63) is 58.1 Å². The molecule has 2 aromatic carbocycles. The molecule has 2 N–H and O–H groups in total. The molecule has 6 heteroatoms. The maximum atomic E-state index is 6.16. The summed E-state index contributed by atoms with van der Waals surface area (Å²) in [4.78, 5) is 0. The van der Waals surface area contributed by atoms with Crippen molar-refractivity contribution in [3.8, 4) is 11.5 Å². The van der Waals surface area contributed by atoms with Crippen LogP contribution in [0.15, 0.2) is 42.5 Å². The molecule has 0 aromatic heterocycles. The minimum absolute atomic E-state index is 0.446. The number of benzene rings is 2. The van der Waals surface area contributed by atoms with Crippen LogP contribution in [-0.2, 0) is 0 Å². The predicted molar refractivity (Wildman–Crippen MR) is 113 cm³/mol. The van der Waals surface area contributed by atoms with E-state index in [0.29, 0.717) is 20.8 Å². The summed E-state index contributed by atoms with van der Waals surface area (Å²) >= 11 is 17.4. The Bertz CT molecular complexity index is 820. The third-order valence-corrected chi connectivity index (χ3v) is 4.55. The molecule has 0 unspecified atom stereocenters. The second-order valence-corrected chi connectivity index (χ2v) is 12.3. The lowest BCUT2D eigenvalue weighted by Gasteiger charge is -2.13. The highest BCUT2D eigenvalue weighted by molar-refractivity contribution is 7.80. The molecule has 2 aromatic rings. The fourth-order valence-electron chi connectivity index (χ4n) is 1.82. The number of hydrogen-bond acceptors (Lipinski definition) is 1. The zero-order chi connectivity index (χ0) is 17.7. The van der Waals surface area contributed by atoms with Crippen molar-refractivity contribution >= 4 is 60.0 Å². The minimum atomic E-state index is -1.44. The molecule has 24 heavy (non-hydrogen) atoms. The van der Waals surface area contributed by atoms with Crippen LogP contribution in [0.5, 0.6) is 0 Å². The second kappa shape index (κ2) is 8.04. The number of nitrogens with one attached hydrogen (secondary N) is 2. The smallest absolute Gasteiger partial charge is 0.175 e. The summed E-state index contributed by atoms with van der Waals surface area (Å²) in [5.74, 6) is 3.26. The Labute approximate surface area is 159 Å². The van der Waals surface area contributed by atoms with Gasteiger partial charge in [-0.1, -0.05) is 60.9 Å². The van der Waals surface area contributed by atoms with Gasteiger partial charge in [-0.15, -0.1) is 5.54 Å². The fraction of sp³-hybridized carbons (Fsp3) is 0.167. The van der Waals surface area contributed by atoms with Gasteiger partial charge >= 0.3 is 0 Å². The number of hydrogen-bond donors (Lipinski definition) is 2. The van der Waals surface area contributed by atoms with E-state index in [4.69, 9.17) is 35.4 Å². The number of halogens is 2. The van der Waals surface area contributed by atoms with Crippen LogP contribution < -0.4 is 10.6 Å². The third-order valence-electron chi connectivity index (χ3n) is 2.93. The first-order valence-electron chi connectivity index (χ1n) is 7.40. The number of para-hydroxylation sites is 1. The highest BCUT2D eigenvalue weighted by Gasteiger charge is 2.09. The lowest BCUT2D eigenvalue weighted by atomic mass is 10.2. The first-order valence-corrected chi connectivity index (χ1v) is 12.1. The molecule has 0 aliphatic rings. The van der Waals surface area contributed by atoms with Crippen LogP contribution in [0.1, 0.15) is 5.56 Å². The van der Waals surface area contributed by atoms with Gasteiger partial charge in [-0.2, -0.15) is 0 Å². The predicted octanol–water partition coefficient (Wildman–Crippen LogP) is 6.03. The minimum Gasteiger partial charge on any atom is -0.331 e. The van der Waals surface area contributed by atoms with Crippen LogP contribution >= 0.6 is 35.4 Å². The van der Waals surface area contributed by atoms with Crippen molar-refractivity contribution in [1.82, 2.24) is 0 Å². The van der Waals surface area contributed by atoms with Crippen molar-refractivity contribution in [2.75, 3.05) is 10.6 Å². The number of rotatable bonds is 2. The maximum absolute atomic E-state index is 6.16. The Kier molecular flexibility index (Phi) is 6.31. The monoisotopic (exact) mass is 392 g/mol. The molecule has 0 saturated heterocycles. The summed E-state index contributed by atoms with van der Waals surface area (Å²) in [5.41, 5.74) is 5.85. The molecular weight excluding hydrogens is 375 g/mol. The van der Waals surface area contributed by atoms with Crippen molar-refractivity contribution < 1.29 is 0 Å². The van der Waals surface area contributed by atoms with Gasteiger partial charge in [0.1, 0.15) is 8.07 Å². The summed E-state index contributed by atoms with van der Waals surface area (Å²) in [7, 11) is -1.44. The lowest BCUT2D eigenvalue weighted by molar-refractivity contribution is 1.57. The van der Waals surface area contributed by atoms with E-state index in [1.807, 2.05) is 24.3 Å². The standard InChI is InChI=1S/C18H18Cl2N2SSi/c1-24(2,3)11-10-13-6-4-5-7-16(13)21-18(23)22-17-9-8-14(19)12-15(17)20/h4-9,12H,1-3H3,(H2,21,22,23). The van der Waals surface area contributed by atoms with E-state index < -0.39 is 8.07 Å². The van der Waals surface area contributed by atoms with Crippen LogP contribution in [0, 0.1) is 11.5 Å². The zero-order valence-electron chi connectivity index (χ0n) is 13.7. The highest BCUT2D eigenvalue weighted by Crippen LogP contribution is 2.25. The van der Waals surface area contributed by atoms with Gasteiger partial charge in [0, 0.05) is 10.6 Å². The molecule has 0 atom stereocenters. The van der Waals surface area contributed by atoms with E-state index in [1.165, 1.54) is 0 Å². The van der Waals surface area contributed by atoms with Crippen molar-refractivity contribution in [2.24, 2.45) is 0 Å². The van der Waals surface area contributed by atoms with Crippen LogP contribution in [0.2, 0.25) is 29.7 Å². The molecule has 0 saturated carbocycles. The van der Waals surface area contributed by atoms with E-state index in [2.05, 4.69) is 41.7 Å². The summed E-state index contributed by atoms with van der Waals surface area (Å²) in [6, 6.07) is 13.0. The van der Waals surface area contributed by atoms with Gasteiger partial charge in [-0.05, 0) is 42.5 Å². The molecule has 0 spiro atoms. The fourth-order valence-corrected chi connectivity index (χ4v) is 3.01. The Morgan fingerprint density at radius 1 is 1.00 bits per heavy atom. The molecular formula is C18H18Cl2N2SSi. The van der Waals surface area contributed by atoms with Crippen LogP contribution in [0.25, 0.3) is 0 Å². The van der Waals surface area contributed by atoms with E-state index in [-0.39, 0.29) is 0 Å². The van der Waals surface area contributed by atoms with Crippen molar-refractivity contribution in [3.63, 3.8) is 0 Å². The topological polar surface area (TPSA) is 24.1 Å². The molecule has 124 valence electrons. The Balaban J connectivity index is 2.16. The molecule has 0 fully saturated rings. The largest absolute Gasteiger partial charge is 0.331 e. The maximum Gasteiger partial charge on any atom is 0.175 e. The Hall–Kier alpha value is -1.51. The molecule has 0 heterocycles. The highest BCUT2D eigenvalue weighted by atomic mass is 35.5. The average Bonchev–Trinajstić information content (AvgIpc) is 2.48.